The molecular formula is C13H25O2Si. The van der Waals surface area contributed by atoms with Crippen molar-refractivity contribution in [1.29, 1.82) is 0 Å². The van der Waals surface area contributed by atoms with E-state index in [-0.39, 0.29) is 5.41 Å². The molecule has 1 rings (SSSR count). The second kappa shape index (κ2) is 5.65. The summed E-state index contributed by atoms with van der Waals surface area (Å²) in [5.74, 6) is 0.824. The number of hydrogen-bond donors (Lipinski definition) is 0. The largest absolute Gasteiger partial charge is 0.357 e. The van der Waals surface area contributed by atoms with Crippen LogP contribution < -0.4 is 0 Å². The van der Waals surface area contributed by atoms with Gasteiger partial charge in [-0.2, -0.15) is 0 Å². The van der Waals surface area contributed by atoms with Crippen LogP contribution in [-0.2, 0) is 9.47 Å². The van der Waals surface area contributed by atoms with Gasteiger partial charge < -0.3 is 9.47 Å². The lowest BCUT2D eigenvalue weighted by Gasteiger charge is -2.44. The summed E-state index contributed by atoms with van der Waals surface area (Å²) in [6.07, 6.45) is 8.05. The van der Waals surface area contributed by atoms with E-state index in [1.54, 1.807) is 14.2 Å². The Balaban J connectivity index is 2.61. The zero-order chi connectivity index (χ0) is 12.2. The summed E-state index contributed by atoms with van der Waals surface area (Å²) in [6, 6.07) is 0. The Morgan fingerprint density at radius 1 is 1.06 bits per heavy atom. The third kappa shape index (κ3) is 3.08. The molecule has 0 heterocycles. The van der Waals surface area contributed by atoms with Gasteiger partial charge in [-0.05, 0) is 12.3 Å². The minimum atomic E-state index is -0.662. The fourth-order valence-corrected chi connectivity index (χ4v) is 2.99. The van der Waals surface area contributed by atoms with E-state index < -0.39 is 5.41 Å². The zero-order valence-electron chi connectivity index (χ0n) is 11.1. The van der Waals surface area contributed by atoms with Gasteiger partial charge >= 0.3 is 0 Å². The van der Waals surface area contributed by atoms with Gasteiger partial charge in [0, 0.05) is 19.6 Å². The number of rotatable bonds is 5. The molecular weight excluding hydrogens is 216 g/mol. The van der Waals surface area contributed by atoms with Gasteiger partial charge in [-0.1, -0.05) is 46.0 Å². The molecule has 1 aliphatic rings. The maximum atomic E-state index is 5.48. The van der Waals surface area contributed by atoms with Crippen molar-refractivity contribution in [3.63, 3.8) is 0 Å². The minimum absolute atomic E-state index is 0.0185. The molecule has 0 amide bonds. The smallest absolute Gasteiger partial charge is 0.148 e. The number of hydrogen-bond acceptors (Lipinski definition) is 2. The molecule has 0 aromatic carbocycles. The van der Waals surface area contributed by atoms with Crippen molar-refractivity contribution in [3.05, 3.63) is 0 Å². The maximum absolute atomic E-state index is 5.48. The average Bonchev–Trinajstić information content (AvgIpc) is 2.28. The van der Waals surface area contributed by atoms with Crippen LogP contribution >= 0.6 is 0 Å². The van der Waals surface area contributed by atoms with Crippen LogP contribution in [0.1, 0.15) is 52.4 Å². The van der Waals surface area contributed by atoms with Crippen molar-refractivity contribution in [2.24, 2.45) is 11.3 Å². The van der Waals surface area contributed by atoms with Crippen molar-refractivity contribution < 1.29 is 9.47 Å². The van der Waals surface area contributed by atoms with Crippen LogP contribution in [0, 0.1) is 11.3 Å². The molecule has 16 heavy (non-hydrogen) atoms. The van der Waals surface area contributed by atoms with E-state index >= 15 is 0 Å². The number of methoxy groups -OCH3 is 2. The van der Waals surface area contributed by atoms with Crippen LogP contribution in [0.5, 0.6) is 0 Å². The monoisotopic (exact) mass is 241 g/mol. The Morgan fingerprint density at radius 2 is 1.56 bits per heavy atom. The van der Waals surface area contributed by atoms with Crippen molar-refractivity contribution in [3.8, 4) is 0 Å². The minimum Gasteiger partial charge on any atom is -0.357 e. The first-order valence-electron chi connectivity index (χ1n) is 6.30. The van der Waals surface area contributed by atoms with Gasteiger partial charge in [0.2, 0.25) is 0 Å². The molecule has 3 radical (unpaired) electrons. The van der Waals surface area contributed by atoms with E-state index in [0.717, 1.165) is 12.3 Å². The fraction of sp³-hybridized carbons (Fsp3) is 1.00. The first-order chi connectivity index (χ1) is 7.45. The molecule has 0 bridgehead atoms. The summed E-state index contributed by atoms with van der Waals surface area (Å²) in [6.45, 7) is 4.42. The van der Waals surface area contributed by atoms with Crippen LogP contribution in [0.25, 0.3) is 0 Å². The summed E-state index contributed by atoms with van der Waals surface area (Å²) in [7, 11) is 7.03. The van der Waals surface area contributed by atoms with Gasteiger partial charge in [0.1, 0.15) is 15.7 Å². The summed E-state index contributed by atoms with van der Waals surface area (Å²) in [5, 5.41) is 0. The van der Waals surface area contributed by atoms with Gasteiger partial charge in [0.05, 0.1) is 0 Å². The van der Waals surface area contributed by atoms with E-state index in [1.807, 2.05) is 0 Å². The van der Waals surface area contributed by atoms with E-state index in [9.17, 15) is 0 Å². The number of ether oxygens (including phenoxy) is 2. The summed E-state index contributed by atoms with van der Waals surface area (Å²) in [4.78, 5) is 0. The van der Waals surface area contributed by atoms with E-state index in [1.165, 1.54) is 32.1 Å². The molecule has 3 heteroatoms. The van der Waals surface area contributed by atoms with Crippen molar-refractivity contribution in [2.45, 2.75) is 57.8 Å². The van der Waals surface area contributed by atoms with Crippen LogP contribution in [0.4, 0.5) is 0 Å². The molecule has 0 unspecified atom stereocenters. The van der Waals surface area contributed by atoms with E-state index in [2.05, 4.69) is 24.1 Å². The molecule has 1 saturated carbocycles. The highest BCUT2D eigenvalue weighted by molar-refractivity contribution is 6.14. The van der Waals surface area contributed by atoms with Crippen molar-refractivity contribution >= 4 is 10.2 Å². The Labute approximate surface area is 104 Å². The fourth-order valence-electron chi connectivity index (χ4n) is 2.88. The van der Waals surface area contributed by atoms with E-state index in [0.29, 0.717) is 0 Å². The Bertz CT molecular complexity index is 206. The first kappa shape index (κ1) is 14.2. The molecule has 0 aromatic rings. The zero-order valence-corrected chi connectivity index (χ0v) is 12.1. The molecule has 0 spiro atoms. The molecule has 0 N–H and O–H groups in total. The molecule has 0 aromatic heterocycles. The lowest BCUT2D eigenvalue weighted by atomic mass is 9.76. The molecule has 93 valence electrons. The van der Waals surface area contributed by atoms with Gasteiger partial charge in [0.25, 0.3) is 0 Å². The standard InChI is InChI=1S/C13H25O2Si/c1-12(2,13(16,14-3)15-4)10-11-8-6-5-7-9-11/h11H,5-10H2,1-4H3. The van der Waals surface area contributed by atoms with Crippen LogP contribution in [-0.4, -0.2) is 29.9 Å². The van der Waals surface area contributed by atoms with Gasteiger partial charge in [0.15, 0.2) is 0 Å². The van der Waals surface area contributed by atoms with Crippen LogP contribution in [0.3, 0.4) is 0 Å². The molecule has 0 saturated heterocycles. The quantitative estimate of drug-likeness (QED) is 0.544. The molecule has 1 fully saturated rings. The SMILES string of the molecule is COC([Si])(OC)C(C)(C)CC1CCCCC1. The topological polar surface area (TPSA) is 18.5 Å². The Hall–Kier alpha value is 0.137. The van der Waals surface area contributed by atoms with Gasteiger partial charge in [-0.3, -0.25) is 0 Å². The molecule has 0 aliphatic heterocycles. The van der Waals surface area contributed by atoms with Crippen LogP contribution in [0.15, 0.2) is 0 Å². The summed E-state index contributed by atoms with van der Waals surface area (Å²) in [5.41, 5.74) is -0.681. The van der Waals surface area contributed by atoms with Gasteiger partial charge in [-0.25, -0.2) is 0 Å². The van der Waals surface area contributed by atoms with Crippen LogP contribution in [0.2, 0.25) is 0 Å². The highest BCUT2D eigenvalue weighted by atomic mass is 28.1. The second-order valence-corrected chi connectivity index (χ2v) is 6.28. The average molecular weight is 241 g/mol. The summed E-state index contributed by atoms with van der Waals surface area (Å²) < 4.78 is 11.0. The lowest BCUT2D eigenvalue weighted by Crippen LogP contribution is -2.49. The summed E-state index contributed by atoms with van der Waals surface area (Å²) >= 11 is 0. The van der Waals surface area contributed by atoms with E-state index in [4.69, 9.17) is 9.47 Å². The van der Waals surface area contributed by atoms with Gasteiger partial charge in [-0.15, -0.1) is 0 Å². The third-order valence-corrected chi connectivity index (χ3v) is 5.07. The third-order valence-electron chi connectivity index (χ3n) is 3.99. The molecule has 1 aliphatic carbocycles. The molecule has 2 nitrogen and oxygen atoms in total. The van der Waals surface area contributed by atoms with Crippen molar-refractivity contribution in [2.75, 3.05) is 14.2 Å². The first-order valence-corrected chi connectivity index (χ1v) is 6.80. The highest BCUT2D eigenvalue weighted by Crippen LogP contribution is 2.41. The predicted octanol–water partition coefficient (Wildman–Crippen LogP) is 3.10. The Morgan fingerprint density at radius 3 is 2.00 bits per heavy atom. The van der Waals surface area contributed by atoms with Crippen molar-refractivity contribution in [1.82, 2.24) is 0 Å². The lowest BCUT2D eigenvalue weighted by molar-refractivity contribution is -0.211. The Kier molecular flexibility index (Phi) is 5.01. The maximum Gasteiger partial charge on any atom is 0.148 e. The normalized spacial score (nSPS) is 20.1. The molecule has 0 atom stereocenters. The highest BCUT2D eigenvalue weighted by Gasteiger charge is 2.42. The second-order valence-electron chi connectivity index (χ2n) is 5.62. The predicted molar refractivity (Wildman–Crippen MR) is 67.5 cm³/mol.